The fourth-order valence-electron chi connectivity index (χ4n) is 3.01. The Morgan fingerprint density at radius 2 is 1.89 bits per heavy atom. The number of hydrogen-bond donors (Lipinski definition) is 1. The summed E-state index contributed by atoms with van der Waals surface area (Å²) in [6.07, 6.45) is 0. The first-order valence-corrected chi connectivity index (χ1v) is 9.68. The summed E-state index contributed by atoms with van der Waals surface area (Å²) in [6, 6.07) is 13.7. The van der Waals surface area contributed by atoms with Gasteiger partial charge in [-0.2, -0.15) is 0 Å². The van der Waals surface area contributed by atoms with Crippen LogP contribution in [0.25, 0.3) is 0 Å². The average Bonchev–Trinajstić information content (AvgIpc) is 2.72. The minimum atomic E-state index is 0. The standard InChI is InChI=1S/C21H27ClN2O3.ClH/c1-25-21-14-17(15-23-8-9-24-10-12-26-13-11-24)6-7-20(21)27-16-18-4-2-3-5-19(18)22;/h2-7,14,23H,8-13,15-16H2,1H3;1H/p-1. The molecule has 0 aromatic heterocycles. The van der Waals surface area contributed by atoms with E-state index in [1.165, 1.54) is 5.56 Å². The molecular formula is C21H27Cl2N2O3-. The predicted molar refractivity (Wildman–Crippen MR) is 108 cm³/mol. The second-order valence-electron chi connectivity index (χ2n) is 6.50. The lowest BCUT2D eigenvalue weighted by Crippen LogP contribution is -3.00. The van der Waals surface area contributed by atoms with Crippen LogP contribution in [0, 0.1) is 0 Å². The van der Waals surface area contributed by atoms with Gasteiger partial charge in [0, 0.05) is 43.3 Å². The third-order valence-corrected chi connectivity index (χ3v) is 4.98. The van der Waals surface area contributed by atoms with Crippen molar-refractivity contribution in [3.63, 3.8) is 0 Å². The molecule has 0 amide bonds. The molecule has 7 heteroatoms. The van der Waals surface area contributed by atoms with Gasteiger partial charge in [-0.3, -0.25) is 4.90 Å². The van der Waals surface area contributed by atoms with E-state index in [2.05, 4.69) is 16.3 Å². The number of nitrogens with zero attached hydrogens (tertiary/aromatic N) is 1. The van der Waals surface area contributed by atoms with Crippen molar-refractivity contribution in [2.45, 2.75) is 13.2 Å². The summed E-state index contributed by atoms with van der Waals surface area (Å²) in [5.41, 5.74) is 2.12. The molecule has 1 heterocycles. The van der Waals surface area contributed by atoms with Crippen LogP contribution in [0.15, 0.2) is 42.5 Å². The van der Waals surface area contributed by atoms with Crippen molar-refractivity contribution in [2.75, 3.05) is 46.5 Å². The molecule has 3 rings (SSSR count). The smallest absolute Gasteiger partial charge is 0.161 e. The zero-order valence-corrected chi connectivity index (χ0v) is 17.6. The van der Waals surface area contributed by atoms with Crippen LogP contribution in [0.5, 0.6) is 11.5 Å². The van der Waals surface area contributed by atoms with Crippen LogP contribution in [0.3, 0.4) is 0 Å². The SMILES string of the molecule is COc1cc(CNCCN2CCOCC2)ccc1OCc1ccccc1Cl.[Cl-]. The van der Waals surface area contributed by atoms with Crippen LogP contribution in [-0.2, 0) is 17.9 Å². The molecule has 1 aliphatic rings. The highest BCUT2D eigenvalue weighted by Gasteiger charge is 2.10. The molecule has 1 aliphatic heterocycles. The Labute approximate surface area is 178 Å². The van der Waals surface area contributed by atoms with Gasteiger partial charge < -0.3 is 31.9 Å². The van der Waals surface area contributed by atoms with Gasteiger partial charge in [-0.15, -0.1) is 0 Å². The minimum absolute atomic E-state index is 0. The maximum atomic E-state index is 6.19. The second kappa shape index (κ2) is 12.1. The van der Waals surface area contributed by atoms with Crippen molar-refractivity contribution < 1.29 is 26.6 Å². The molecule has 1 saturated heterocycles. The van der Waals surface area contributed by atoms with Crippen LogP contribution in [-0.4, -0.2) is 51.4 Å². The number of rotatable bonds is 9. The summed E-state index contributed by atoms with van der Waals surface area (Å²) < 4.78 is 16.8. The molecule has 0 spiro atoms. The summed E-state index contributed by atoms with van der Waals surface area (Å²) in [5, 5.41) is 4.19. The van der Waals surface area contributed by atoms with E-state index < -0.39 is 0 Å². The molecule has 1 fully saturated rings. The quantitative estimate of drug-likeness (QED) is 0.587. The minimum Gasteiger partial charge on any atom is -1.00 e. The molecule has 0 saturated carbocycles. The van der Waals surface area contributed by atoms with Gasteiger partial charge in [0.25, 0.3) is 0 Å². The van der Waals surface area contributed by atoms with E-state index in [4.69, 9.17) is 25.8 Å². The van der Waals surface area contributed by atoms with Gasteiger partial charge >= 0.3 is 0 Å². The van der Waals surface area contributed by atoms with E-state index in [0.717, 1.165) is 63.0 Å². The lowest BCUT2D eigenvalue weighted by atomic mass is 10.2. The zero-order valence-electron chi connectivity index (χ0n) is 16.1. The van der Waals surface area contributed by atoms with Crippen molar-refractivity contribution in [1.29, 1.82) is 0 Å². The van der Waals surface area contributed by atoms with Crippen LogP contribution < -0.4 is 27.2 Å². The number of ether oxygens (including phenoxy) is 3. The van der Waals surface area contributed by atoms with E-state index in [-0.39, 0.29) is 12.4 Å². The molecule has 0 bridgehead atoms. The Balaban J connectivity index is 0.00000280. The van der Waals surface area contributed by atoms with Gasteiger partial charge in [0.05, 0.1) is 20.3 Å². The number of hydrogen-bond acceptors (Lipinski definition) is 5. The van der Waals surface area contributed by atoms with Crippen LogP contribution >= 0.6 is 11.6 Å². The molecular weight excluding hydrogens is 399 g/mol. The first kappa shape index (κ1) is 22.8. The number of methoxy groups -OCH3 is 1. The predicted octanol–water partition coefficient (Wildman–Crippen LogP) is 0.353. The number of nitrogens with one attached hydrogen (secondary N) is 1. The third kappa shape index (κ3) is 6.83. The van der Waals surface area contributed by atoms with Crippen molar-refractivity contribution in [1.82, 2.24) is 10.2 Å². The average molecular weight is 426 g/mol. The summed E-state index contributed by atoms with van der Waals surface area (Å²) in [7, 11) is 1.66. The Morgan fingerprint density at radius 1 is 1.11 bits per heavy atom. The first-order chi connectivity index (χ1) is 13.3. The molecule has 0 atom stereocenters. The molecule has 1 N–H and O–H groups in total. The van der Waals surface area contributed by atoms with E-state index in [9.17, 15) is 0 Å². The molecule has 0 aliphatic carbocycles. The lowest BCUT2D eigenvalue weighted by molar-refractivity contribution is -0.00000758. The number of morpholine rings is 1. The monoisotopic (exact) mass is 425 g/mol. The summed E-state index contributed by atoms with van der Waals surface area (Å²) in [5.74, 6) is 1.45. The van der Waals surface area contributed by atoms with Crippen LogP contribution in [0.4, 0.5) is 0 Å². The van der Waals surface area contributed by atoms with Crippen LogP contribution in [0.2, 0.25) is 5.02 Å². The van der Waals surface area contributed by atoms with Gasteiger partial charge in [-0.25, -0.2) is 0 Å². The van der Waals surface area contributed by atoms with Crippen molar-refractivity contribution in [2.24, 2.45) is 0 Å². The summed E-state index contributed by atoms with van der Waals surface area (Å²) in [6.45, 7) is 6.92. The van der Waals surface area contributed by atoms with E-state index in [0.29, 0.717) is 11.6 Å². The highest BCUT2D eigenvalue weighted by Crippen LogP contribution is 2.29. The van der Waals surface area contributed by atoms with E-state index >= 15 is 0 Å². The molecule has 5 nitrogen and oxygen atoms in total. The van der Waals surface area contributed by atoms with E-state index in [1.54, 1.807) is 7.11 Å². The molecule has 0 unspecified atom stereocenters. The first-order valence-electron chi connectivity index (χ1n) is 9.30. The van der Waals surface area contributed by atoms with Gasteiger partial charge in [-0.1, -0.05) is 35.9 Å². The molecule has 2 aromatic carbocycles. The Bertz CT molecular complexity index is 725. The highest BCUT2D eigenvalue weighted by atomic mass is 35.5. The van der Waals surface area contributed by atoms with E-state index in [1.807, 2.05) is 36.4 Å². The molecule has 2 aromatic rings. The fourth-order valence-corrected chi connectivity index (χ4v) is 3.20. The Morgan fingerprint density at radius 3 is 2.64 bits per heavy atom. The zero-order chi connectivity index (χ0) is 18.9. The second-order valence-corrected chi connectivity index (χ2v) is 6.90. The maximum absolute atomic E-state index is 6.19. The molecule has 0 radical (unpaired) electrons. The highest BCUT2D eigenvalue weighted by molar-refractivity contribution is 6.31. The van der Waals surface area contributed by atoms with Crippen molar-refractivity contribution >= 4 is 11.6 Å². The Kier molecular flexibility index (Phi) is 9.88. The number of benzene rings is 2. The number of halogens is 2. The van der Waals surface area contributed by atoms with Crippen molar-refractivity contribution in [3.8, 4) is 11.5 Å². The topological polar surface area (TPSA) is 43.0 Å². The molecule has 28 heavy (non-hydrogen) atoms. The van der Waals surface area contributed by atoms with Gasteiger partial charge in [0.1, 0.15) is 6.61 Å². The summed E-state index contributed by atoms with van der Waals surface area (Å²) >= 11 is 6.19. The Hall–Kier alpha value is -1.50. The van der Waals surface area contributed by atoms with Gasteiger partial charge in [-0.05, 0) is 23.8 Å². The normalized spacial score (nSPS) is 14.4. The summed E-state index contributed by atoms with van der Waals surface area (Å²) in [4.78, 5) is 2.42. The maximum Gasteiger partial charge on any atom is 0.161 e. The lowest BCUT2D eigenvalue weighted by Gasteiger charge is -2.26. The van der Waals surface area contributed by atoms with Crippen LogP contribution in [0.1, 0.15) is 11.1 Å². The van der Waals surface area contributed by atoms with Crippen molar-refractivity contribution in [3.05, 3.63) is 58.6 Å². The third-order valence-electron chi connectivity index (χ3n) is 4.61. The molecule has 154 valence electrons. The van der Waals surface area contributed by atoms with Gasteiger partial charge in [0.15, 0.2) is 11.5 Å². The van der Waals surface area contributed by atoms with Gasteiger partial charge in [0.2, 0.25) is 0 Å². The largest absolute Gasteiger partial charge is 1.00 e. The fraction of sp³-hybridized carbons (Fsp3) is 0.429.